The summed E-state index contributed by atoms with van der Waals surface area (Å²) >= 11 is 0. The number of aryl methyl sites for hydroxylation is 3. The molecule has 2 aromatic heterocycles. The van der Waals surface area contributed by atoms with Gasteiger partial charge in [-0.3, -0.25) is 4.79 Å². The average Bonchev–Trinajstić information content (AvgIpc) is 2.93. The molecule has 0 aliphatic rings. The number of hydrogen-bond acceptors (Lipinski definition) is 5. The van der Waals surface area contributed by atoms with Crippen LogP contribution in [0.3, 0.4) is 0 Å². The van der Waals surface area contributed by atoms with Crippen molar-refractivity contribution in [1.29, 1.82) is 0 Å². The van der Waals surface area contributed by atoms with Gasteiger partial charge in [-0.2, -0.15) is 0 Å². The smallest absolute Gasteiger partial charge is 0.339 e. The number of aliphatic carboxylic acids is 1. The van der Waals surface area contributed by atoms with Gasteiger partial charge in [0.15, 0.2) is 0 Å². The van der Waals surface area contributed by atoms with Crippen LogP contribution in [0.15, 0.2) is 25.8 Å². The summed E-state index contributed by atoms with van der Waals surface area (Å²) < 4.78 is 11.2. The first kappa shape index (κ1) is 20.6. The Bertz CT molecular complexity index is 1150. The van der Waals surface area contributed by atoms with Crippen LogP contribution in [0.2, 0.25) is 0 Å². The van der Waals surface area contributed by atoms with E-state index in [0.717, 1.165) is 27.7 Å². The number of benzene rings is 1. The van der Waals surface area contributed by atoms with E-state index < -0.39 is 23.5 Å². The van der Waals surface area contributed by atoms with Crippen LogP contribution in [0.5, 0.6) is 0 Å². The van der Waals surface area contributed by atoms with E-state index in [1.165, 1.54) is 0 Å². The maximum absolute atomic E-state index is 12.5. The Kier molecular flexibility index (Phi) is 5.77. The number of nitrogens with one attached hydrogen (secondary N) is 1. The number of hydrogen-bond donors (Lipinski definition) is 2. The van der Waals surface area contributed by atoms with Gasteiger partial charge < -0.3 is 19.3 Å². The molecule has 7 nitrogen and oxygen atoms in total. The van der Waals surface area contributed by atoms with E-state index in [1.807, 2.05) is 33.8 Å². The number of carbonyl (C=O) groups is 2. The van der Waals surface area contributed by atoms with Crippen LogP contribution in [-0.4, -0.2) is 23.0 Å². The highest BCUT2D eigenvalue weighted by Crippen LogP contribution is 2.31. The van der Waals surface area contributed by atoms with Gasteiger partial charge in [-0.1, -0.05) is 13.3 Å². The lowest BCUT2D eigenvalue weighted by Crippen LogP contribution is -2.40. The van der Waals surface area contributed by atoms with Crippen molar-refractivity contribution in [3.8, 4) is 0 Å². The van der Waals surface area contributed by atoms with Gasteiger partial charge in [-0.25, -0.2) is 9.59 Å². The minimum Gasteiger partial charge on any atom is -0.480 e. The molecule has 3 aromatic rings. The molecule has 7 heteroatoms. The maximum atomic E-state index is 12.5. The van der Waals surface area contributed by atoms with Crippen molar-refractivity contribution < 1.29 is 23.5 Å². The highest BCUT2D eigenvalue weighted by Gasteiger charge is 2.20. The second-order valence-electron chi connectivity index (χ2n) is 7.37. The molecule has 0 aliphatic heterocycles. The third-order valence-corrected chi connectivity index (χ3v) is 5.40. The van der Waals surface area contributed by atoms with E-state index in [-0.39, 0.29) is 12.8 Å². The SMILES string of the molecule is CCC[C@@H](NC(=O)CCc1c(C)c2cc3c(C)c(C)oc3cc2oc1=O)C(=O)O. The van der Waals surface area contributed by atoms with Gasteiger partial charge in [0, 0.05) is 28.8 Å². The van der Waals surface area contributed by atoms with Crippen molar-refractivity contribution in [3.63, 3.8) is 0 Å². The molecular weight excluding hydrogens is 374 g/mol. The van der Waals surface area contributed by atoms with Crippen molar-refractivity contribution in [2.24, 2.45) is 0 Å². The summed E-state index contributed by atoms with van der Waals surface area (Å²) in [4.78, 5) is 35.9. The lowest BCUT2D eigenvalue weighted by Gasteiger charge is -2.13. The summed E-state index contributed by atoms with van der Waals surface area (Å²) in [5.41, 5.74) is 2.82. The largest absolute Gasteiger partial charge is 0.480 e. The fourth-order valence-corrected chi connectivity index (χ4v) is 3.57. The molecule has 0 saturated carbocycles. The molecule has 3 rings (SSSR count). The van der Waals surface area contributed by atoms with Gasteiger partial charge >= 0.3 is 11.6 Å². The van der Waals surface area contributed by atoms with Crippen LogP contribution in [0.25, 0.3) is 21.9 Å². The number of carbonyl (C=O) groups excluding carboxylic acids is 1. The zero-order chi connectivity index (χ0) is 21.3. The first-order chi connectivity index (χ1) is 13.7. The molecule has 2 heterocycles. The molecule has 0 aliphatic carbocycles. The third-order valence-electron chi connectivity index (χ3n) is 5.40. The number of carboxylic acid groups (broad SMARTS) is 1. The first-order valence-electron chi connectivity index (χ1n) is 9.71. The Balaban J connectivity index is 1.88. The van der Waals surface area contributed by atoms with Crippen molar-refractivity contribution in [1.82, 2.24) is 5.32 Å². The average molecular weight is 399 g/mol. The quantitative estimate of drug-likeness (QED) is 0.585. The molecule has 0 unspecified atom stereocenters. The monoisotopic (exact) mass is 399 g/mol. The highest BCUT2D eigenvalue weighted by molar-refractivity contribution is 5.96. The van der Waals surface area contributed by atoms with Crippen LogP contribution >= 0.6 is 0 Å². The van der Waals surface area contributed by atoms with Gasteiger partial charge in [-0.15, -0.1) is 0 Å². The molecule has 2 N–H and O–H groups in total. The Morgan fingerprint density at radius 2 is 1.72 bits per heavy atom. The van der Waals surface area contributed by atoms with E-state index >= 15 is 0 Å². The summed E-state index contributed by atoms with van der Waals surface area (Å²) in [6.45, 7) is 7.54. The van der Waals surface area contributed by atoms with Crippen LogP contribution in [-0.2, 0) is 16.0 Å². The maximum Gasteiger partial charge on any atom is 0.339 e. The van der Waals surface area contributed by atoms with E-state index in [2.05, 4.69) is 5.32 Å². The van der Waals surface area contributed by atoms with Gasteiger partial charge in [-0.05, 0) is 50.8 Å². The summed E-state index contributed by atoms with van der Waals surface area (Å²) in [6, 6.07) is 2.75. The van der Waals surface area contributed by atoms with E-state index in [4.69, 9.17) is 13.9 Å². The van der Waals surface area contributed by atoms with Crippen molar-refractivity contribution in [2.45, 2.75) is 59.4 Å². The fourth-order valence-electron chi connectivity index (χ4n) is 3.57. The van der Waals surface area contributed by atoms with Crippen molar-refractivity contribution >= 4 is 33.8 Å². The summed E-state index contributed by atoms with van der Waals surface area (Å²) in [5.74, 6) is -0.648. The molecule has 1 atom stereocenters. The second-order valence-corrected chi connectivity index (χ2v) is 7.37. The standard InChI is InChI=1S/C22H25NO6/c1-5-6-17(21(25)26)23-20(24)8-7-14-12(3)16-9-15-11(2)13(4)28-18(15)10-19(16)29-22(14)27/h9-10,17H,5-8H2,1-4H3,(H,23,24)(H,25,26)/t17-/m1/s1. The topological polar surface area (TPSA) is 110 Å². The zero-order valence-electron chi connectivity index (χ0n) is 17.0. The van der Waals surface area contributed by atoms with E-state index in [1.54, 1.807) is 6.07 Å². The molecule has 0 radical (unpaired) electrons. The molecule has 154 valence electrons. The van der Waals surface area contributed by atoms with E-state index in [9.17, 15) is 14.4 Å². The predicted molar refractivity (Wildman–Crippen MR) is 109 cm³/mol. The third kappa shape index (κ3) is 4.04. The van der Waals surface area contributed by atoms with Gasteiger partial charge in [0.2, 0.25) is 5.91 Å². The molecule has 29 heavy (non-hydrogen) atoms. The van der Waals surface area contributed by atoms with Crippen LogP contribution < -0.4 is 10.9 Å². The number of carboxylic acids is 1. The minimum atomic E-state index is -1.06. The number of amides is 1. The number of fused-ring (bicyclic) bond motifs is 2. The van der Waals surface area contributed by atoms with Crippen LogP contribution in [0.4, 0.5) is 0 Å². The van der Waals surface area contributed by atoms with Gasteiger partial charge in [0.25, 0.3) is 0 Å². The summed E-state index contributed by atoms with van der Waals surface area (Å²) in [5, 5.41) is 13.4. The first-order valence-corrected chi connectivity index (χ1v) is 9.71. The van der Waals surface area contributed by atoms with Gasteiger partial charge in [0.1, 0.15) is 23.0 Å². The zero-order valence-corrected chi connectivity index (χ0v) is 17.0. The Morgan fingerprint density at radius 1 is 1.07 bits per heavy atom. The summed E-state index contributed by atoms with van der Waals surface area (Å²) in [6.07, 6.45) is 1.19. The van der Waals surface area contributed by atoms with Crippen molar-refractivity contribution in [2.75, 3.05) is 0 Å². The molecule has 0 fully saturated rings. The lowest BCUT2D eigenvalue weighted by atomic mass is 10.00. The molecular formula is C22H25NO6. The molecule has 1 amide bonds. The normalized spacial score (nSPS) is 12.4. The molecule has 0 saturated heterocycles. The van der Waals surface area contributed by atoms with E-state index in [0.29, 0.717) is 29.6 Å². The predicted octanol–water partition coefficient (Wildman–Crippen LogP) is 3.77. The lowest BCUT2D eigenvalue weighted by molar-refractivity contribution is -0.142. The Morgan fingerprint density at radius 3 is 2.38 bits per heavy atom. The molecule has 1 aromatic carbocycles. The highest BCUT2D eigenvalue weighted by atomic mass is 16.4. The number of rotatable bonds is 7. The number of furan rings is 1. The Hall–Kier alpha value is -3.09. The van der Waals surface area contributed by atoms with Crippen LogP contribution in [0.1, 0.15) is 48.6 Å². The molecule has 0 bridgehead atoms. The van der Waals surface area contributed by atoms with Gasteiger partial charge in [0.05, 0.1) is 0 Å². The second kappa shape index (κ2) is 8.11. The van der Waals surface area contributed by atoms with Crippen LogP contribution in [0, 0.1) is 20.8 Å². The fraction of sp³-hybridized carbons (Fsp3) is 0.409. The Labute approximate surface area is 167 Å². The minimum absolute atomic E-state index is 0.0106. The summed E-state index contributed by atoms with van der Waals surface area (Å²) in [7, 11) is 0. The molecule has 0 spiro atoms. The van der Waals surface area contributed by atoms with Crippen molar-refractivity contribution in [3.05, 3.63) is 45.0 Å².